The number of piperidine rings is 1. The van der Waals surface area contributed by atoms with Gasteiger partial charge in [0.25, 0.3) is 11.8 Å². The number of hydrogen-bond acceptors (Lipinski definition) is 7. The molecule has 0 atom stereocenters. The number of carbonyl (C=O) groups excluding carboxylic acids is 2. The minimum absolute atomic E-state index is 0.0295. The largest absolute Gasteiger partial charge is 0.491 e. The van der Waals surface area contributed by atoms with Crippen molar-refractivity contribution in [3.05, 3.63) is 65.9 Å². The average Bonchev–Trinajstić information content (AvgIpc) is 3.12. The topological polar surface area (TPSA) is 121 Å². The Morgan fingerprint density at radius 3 is 2.43 bits per heavy atom. The van der Waals surface area contributed by atoms with Crippen LogP contribution in [0.25, 0.3) is 10.8 Å². The second-order valence-corrected chi connectivity index (χ2v) is 8.36. The molecule has 3 aromatic rings. The van der Waals surface area contributed by atoms with E-state index in [0.29, 0.717) is 30.0 Å². The van der Waals surface area contributed by atoms with Crippen LogP contribution in [0.2, 0.25) is 0 Å². The zero-order valence-corrected chi connectivity index (χ0v) is 18.8. The van der Waals surface area contributed by atoms with Gasteiger partial charge in [-0.15, -0.1) is 5.06 Å². The van der Waals surface area contributed by atoms with Gasteiger partial charge in [-0.05, 0) is 54.6 Å². The lowest BCUT2D eigenvalue weighted by atomic mass is 10.0. The number of hydrogen-bond donors (Lipinski definition) is 2. The van der Waals surface area contributed by atoms with E-state index in [0.717, 1.165) is 34.5 Å². The molecule has 3 amide bonds. The van der Waals surface area contributed by atoms with Crippen LogP contribution in [-0.2, 0) is 4.84 Å². The van der Waals surface area contributed by atoms with Gasteiger partial charge in [0.2, 0.25) is 0 Å². The fraction of sp³-hybridized carbons (Fsp3) is 0.280. The van der Waals surface area contributed by atoms with Crippen LogP contribution in [0.3, 0.4) is 0 Å². The van der Waals surface area contributed by atoms with Crippen molar-refractivity contribution in [3.8, 4) is 5.75 Å². The van der Waals surface area contributed by atoms with E-state index in [1.54, 1.807) is 30.5 Å². The monoisotopic (exact) mass is 476 g/mol. The number of carboxylic acid groups (broad SMARTS) is 1. The quantitative estimate of drug-likeness (QED) is 0.393. The number of imide groups is 1. The molecule has 1 saturated heterocycles. The van der Waals surface area contributed by atoms with Crippen LogP contribution in [0.5, 0.6) is 5.75 Å². The molecule has 10 nitrogen and oxygen atoms in total. The summed E-state index contributed by atoms with van der Waals surface area (Å²) >= 11 is 0. The molecular weight excluding hydrogens is 452 g/mol. The van der Waals surface area contributed by atoms with Gasteiger partial charge in [-0.2, -0.15) is 0 Å². The normalized spacial score (nSPS) is 16.0. The summed E-state index contributed by atoms with van der Waals surface area (Å²) in [5.74, 6) is 0.419. The fourth-order valence-electron chi connectivity index (χ4n) is 4.34. The summed E-state index contributed by atoms with van der Waals surface area (Å²) < 4.78 is 5.77. The Kier molecular flexibility index (Phi) is 6.19. The van der Waals surface area contributed by atoms with E-state index >= 15 is 0 Å². The summed E-state index contributed by atoms with van der Waals surface area (Å²) in [5.41, 5.74) is 0.664. The Balaban J connectivity index is 1.16. The van der Waals surface area contributed by atoms with Gasteiger partial charge in [0, 0.05) is 30.7 Å². The van der Waals surface area contributed by atoms with E-state index in [2.05, 4.69) is 10.3 Å². The minimum Gasteiger partial charge on any atom is -0.491 e. The van der Waals surface area contributed by atoms with Crippen LogP contribution in [0.4, 0.5) is 10.6 Å². The number of rotatable bonds is 7. The van der Waals surface area contributed by atoms with E-state index in [1.165, 1.54) is 4.90 Å². The van der Waals surface area contributed by atoms with E-state index in [-0.39, 0.29) is 19.3 Å². The average molecular weight is 476 g/mol. The first-order chi connectivity index (χ1) is 17.0. The number of amides is 3. The smallest absolute Gasteiger partial charge is 0.407 e. The maximum atomic E-state index is 12.3. The van der Waals surface area contributed by atoms with Crippen molar-refractivity contribution >= 4 is 34.5 Å². The number of benzene rings is 2. The van der Waals surface area contributed by atoms with Gasteiger partial charge in [-0.3, -0.25) is 14.4 Å². The van der Waals surface area contributed by atoms with Crippen molar-refractivity contribution in [1.29, 1.82) is 0 Å². The number of carbonyl (C=O) groups is 3. The summed E-state index contributed by atoms with van der Waals surface area (Å²) in [6.07, 6.45) is 2.28. The fourth-order valence-corrected chi connectivity index (χ4v) is 4.34. The molecule has 5 rings (SSSR count). The molecule has 0 saturated carbocycles. The molecule has 180 valence electrons. The highest BCUT2D eigenvalue weighted by atomic mass is 16.7. The van der Waals surface area contributed by atoms with E-state index in [4.69, 9.17) is 14.7 Å². The highest BCUT2D eigenvalue weighted by Crippen LogP contribution is 2.27. The number of aromatic nitrogens is 1. The molecule has 2 N–H and O–H groups in total. The lowest BCUT2D eigenvalue weighted by molar-refractivity contribution is -0.0976. The first kappa shape index (κ1) is 22.6. The molecule has 1 aromatic heterocycles. The SMILES string of the molecule is O=C(O)N1CCC(Nc2nccc3cc(OCCON4C(=O)c5ccccc5C4=O)ccc23)CC1. The summed E-state index contributed by atoms with van der Waals surface area (Å²) in [4.78, 5) is 47.1. The summed E-state index contributed by atoms with van der Waals surface area (Å²) in [6, 6.07) is 14.3. The minimum atomic E-state index is -0.881. The molecule has 10 heteroatoms. The molecule has 2 aliphatic heterocycles. The van der Waals surface area contributed by atoms with E-state index in [9.17, 15) is 14.4 Å². The summed E-state index contributed by atoms with van der Waals surface area (Å²) in [6.45, 7) is 1.18. The summed E-state index contributed by atoms with van der Waals surface area (Å²) in [5, 5.41) is 15.2. The molecule has 0 spiro atoms. The molecule has 0 bridgehead atoms. The van der Waals surface area contributed by atoms with Crippen LogP contribution < -0.4 is 10.1 Å². The van der Waals surface area contributed by atoms with Gasteiger partial charge in [-0.1, -0.05) is 12.1 Å². The third kappa shape index (κ3) is 4.60. The predicted octanol–water partition coefficient (Wildman–Crippen LogP) is 3.40. The van der Waals surface area contributed by atoms with Crippen molar-refractivity contribution in [2.75, 3.05) is 31.6 Å². The first-order valence-corrected chi connectivity index (χ1v) is 11.4. The van der Waals surface area contributed by atoms with Gasteiger partial charge in [0.1, 0.15) is 24.8 Å². The van der Waals surface area contributed by atoms with Crippen LogP contribution in [0.1, 0.15) is 33.6 Å². The van der Waals surface area contributed by atoms with Gasteiger partial charge in [0.15, 0.2) is 0 Å². The number of ether oxygens (including phenoxy) is 1. The second-order valence-electron chi connectivity index (χ2n) is 8.36. The Labute approximate surface area is 201 Å². The van der Waals surface area contributed by atoms with Crippen molar-refractivity contribution in [2.45, 2.75) is 18.9 Å². The van der Waals surface area contributed by atoms with Crippen molar-refractivity contribution < 1.29 is 29.1 Å². The number of hydroxylamine groups is 2. The molecule has 0 unspecified atom stereocenters. The third-order valence-electron chi connectivity index (χ3n) is 6.17. The van der Waals surface area contributed by atoms with Crippen LogP contribution in [0.15, 0.2) is 54.7 Å². The zero-order chi connectivity index (χ0) is 24.4. The molecule has 35 heavy (non-hydrogen) atoms. The van der Waals surface area contributed by atoms with E-state index < -0.39 is 17.9 Å². The third-order valence-corrected chi connectivity index (χ3v) is 6.17. The number of fused-ring (bicyclic) bond motifs is 2. The zero-order valence-electron chi connectivity index (χ0n) is 18.8. The molecule has 2 aromatic carbocycles. The Morgan fingerprint density at radius 1 is 1.03 bits per heavy atom. The lowest BCUT2D eigenvalue weighted by Gasteiger charge is -2.30. The van der Waals surface area contributed by atoms with E-state index in [1.807, 2.05) is 24.3 Å². The van der Waals surface area contributed by atoms with Gasteiger partial charge in [-0.25, -0.2) is 9.78 Å². The maximum absolute atomic E-state index is 12.3. The molecule has 1 fully saturated rings. The van der Waals surface area contributed by atoms with Crippen molar-refractivity contribution in [2.24, 2.45) is 0 Å². The molecule has 3 heterocycles. The number of anilines is 1. The second kappa shape index (κ2) is 9.59. The Morgan fingerprint density at radius 2 is 1.74 bits per heavy atom. The highest BCUT2D eigenvalue weighted by Gasteiger charge is 2.36. The molecule has 0 aliphatic carbocycles. The van der Waals surface area contributed by atoms with Crippen LogP contribution in [-0.4, -0.2) is 70.3 Å². The predicted molar refractivity (Wildman–Crippen MR) is 126 cm³/mol. The van der Waals surface area contributed by atoms with Gasteiger partial charge in [0.05, 0.1) is 11.1 Å². The first-order valence-electron chi connectivity index (χ1n) is 11.4. The number of nitrogens with zero attached hydrogens (tertiary/aromatic N) is 3. The molecular formula is C25H24N4O6. The lowest BCUT2D eigenvalue weighted by Crippen LogP contribution is -2.41. The standard InChI is InChI=1S/C25H24N4O6/c30-23-20-3-1-2-4-21(20)24(31)29(23)35-14-13-34-18-5-6-19-16(15-18)7-10-26-22(19)27-17-8-11-28(12-9-17)25(32)33/h1-7,10,15,17H,8-9,11-14H2,(H,26,27)(H,32,33). The maximum Gasteiger partial charge on any atom is 0.407 e. The van der Waals surface area contributed by atoms with Crippen molar-refractivity contribution in [3.63, 3.8) is 0 Å². The number of nitrogens with one attached hydrogen (secondary N) is 1. The van der Waals surface area contributed by atoms with Gasteiger partial charge >= 0.3 is 6.09 Å². The summed E-state index contributed by atoms with van der Waals surface area (Å²) in [7, 11) is 0. The van der Waals surface area contributed by atoms with Crippen LogP contribution >= 0.6 is 0 Å². The number of likely N-dealkylation sites (tertiary alicyclic amines) is 1. The van der Waals surface area contributed by atoms with Crippen LogP contribution in [0, 0.1) is 0 Å². The van der Waals surface area contributed by atoms with Gasteiger partial charge < -0.3 is 20.1 Å². The number of pyridine rings is 1. The van der Waals surface area contributed by atoms with Crippen molar-refractivity contribution in [1.82, 2.24) is 14.9 Å². The highest BCUT2D eigenvalue weighted by molar-refractivity contribution is 6.20. The Bertz CT molecular complexity index is 1250. The molecule has 2 aliphatic rings. The Hall–Kier alpha value is -4.18. The molecule has 0 radical (unpaired) electrons.